The van der Waals surface area contributed by atoms with Crippen molar-refractivity contribution in [1.29, 1.82) is 0 Å². The first kappa shape index (κ1) is 16.5. The van der Waals surface area contributed by atoms with E-state index >= 15 is 0 Å². The summed E-state index contributed by atoms with van der Waals surface area (Å²) in [7, 11) is 0. The van der Waals surface area contributed by atoms with Gasteiger partial charge in [0, 0.05) is 19.3 Å². The maximum atomic E-state index is 12.0. The molecule has 114 valence electrons. The molecule has 1 aliphatic rings. The summed E-state index contributed by atoms with van der Waals surface area (Å²) in [5.74, 6) is -0.665. The van der Waals surface area contributed by atoms with Crippen molar-refractivity contribution >= 4 is 18.0 Å². The van der Waals surface area contributed by atoms with E-state index in [0.29, 0.717) is 0 Å². The minimum Gasteiger partial charge on any atom is -0.450 e. The average molecular weight is 285 g/mol. The number of nitrogens with zero attached hydrogens (tertiary/aromatic N) is 1. The molecule has 0 aromatic heterocycles. The monoisotopic (exact) mass is 285 g/mol. The number of imide groups is 1. The first-order valence-corrected chi connectivity index (χ1v) is 7.30. The predicted molar refractivity (Wildman–Crippen MR) is 72.0 cm³/mol. The molecule has 1 N–H and O–H groups in total. The van der Waals surface area contributed by atoms with Crippen molar-refractivity contribution in [3.8, 4) is 0 Å². The second kappa shape index (κ2) is 8.55. The Hall–Kier alpha value is -1.59. The molecule has 1 unspecified atom stereocenters. The smallest absolute Gasteiger partial charge is 0.450 e. The van der Waals surface area contributed by atoms with E-state index in [4.69, 9.17) is 5.11 Å². The number of carbonyl (C=O) groups excluding carboxylic acids is 2. The summed E-state index contributed by atoms with van der Waals surface area (Å²) in [5, 5.41) is 8.58. The number of likely N-dealkylation sites (tertiary alicyclic amines) is 1. The lowest BCUT2D eigenvalue weighted by Gasteiger charge is -2.21. The van der Waals surface area contributed by atoms with E-state index in [9.17, 15) is 14.4 Å². The Labute approximate surface area is 119 Å². The highest BCUT2D eigenvalue weighted by Crippen LogP contribution is 2.21. The van der Waals surface area contributed by atoms with Crippen molar-refractivity contribution in [2.75, 3.05) is 0 Å². The normalized spacial score (nSPS) is 18.4. The molecule has 20 heavy (non-hydrogen) atoms. The van der Waals surface area contributed by atoms with Gasteiger partial charge < -0.3 is 9.84 Å². The van der Waals surface area contributed by atoms with Gasteiger partial charge in [0.05, 0.1) is 0 Å². The molecule has 6 heteroatoms. The zero-order valence-electron chi connectivity index (χ0n) is 12.0. The molecular weight excluding hydrogens is 262 g/mol. The van der Waals surface area contributed by atoms with Gasteiger partial charge >= 0.3 is 6.16 Å². The number of rotatable bonds is 8. The minimum atomic E-state index is -1.46. The Morgan fingerprint density at radius 3 is 2.55 bits per heavy atom. The van der Waals surface area contributed by atoms with Gasteiger partial charge in [-0.05, 0) is 6.42 Å². The molecule has 1 saturated heterocycles. The number of carbonyl (C=O) groups is 3. The first-order chi connectivity index (χ1) is 9.56. The molecule has 1 rings (SSSR count). The lowest BCUT2D eigenvalue weighted by atomic mass is 10.1. The van der Waals surface area contributed by atoms with E-state index < -0.39 is 12.4 Å². The van der Waals surface area contributed by atoms with E-state index in [0.717, 1.165) is 30.6 Å². The molecule has 1 heterocycles. The number of amides is 2. The third-order valence-corrected chi connectivity index (χ3v) is 3.41. The highest BCUT2D eigenvalue weighted by atomic mass is 16.7. The molecule has 2 amide bonds. The molecule has 0 aliphatic carbocycles. The van der Waals surface area contributed by atoms with Crippen LogP contribution in [0, 0.1) is 0 Å². The van der Waals surface area contributed by atoms with Crippen LogP contribution in [-0.4, -0.2) is 34.2 Å². The molecule has 0 saturated carbocycles. The van der Waals surface area contributed by atoms with Gasteiger partial charge in [-0.15, -0.1) is 0 Å². The Bertz CT molecular complexity index is 355. The second-order valence-electron chi connectivity index (χ2n) is 5.05. The maximum Gasteiger partial charge on any atom is 0.507 e. The second-order valence-corrected chi connectivity index (χ2v) is 5.05. The van der Waals surface area contributed by atoms with Gasteiger partial charge in [-0.3, -0.25) is 9.59 Å². The average Bonchev–Trinajstić information content (AvgIpc) is 2.74. The fourth-order valence-electron chi connectivity index (χ4n) is 2.36. The van der Waals surface area contributed by atoms with Crippen LogP contribution in [0.5, 0.6) is 0 Å². The summed E-state index contributed by atoms with van der Waals surface area (Å²) in [6, 6.07) is 0. The number of hydrogen-bond acceptors (Lipinski definition) is 4. The van der Waals surface area contributed by atoms with E-state index in [1.807, 2.05) is 0 Å². The Balaban J connectivity index is 2.32. The lowest BCUT2D eigenvalue weighted by molar-refractivity contribution is -0.150. The molecule has 0 aromatic carbocycles. The topological polar surface area (TPSA) is 83.9 Å². The largest absolute Gasteiger partial charge is 0.507 e. The zero-order valence-corrected chi connectivity index (χ0v) is 12.0. The number of hydrogen-bond donors (Lipinski definition) is 1. The van der Waals surface area contributed by atoms with Crippen LogP contribution in [0.4, 0.5) is 4.79 Å². The van der Waals surface area contributed by atoms with Gasteiger partial charge in [0.2, 0.25) is 11.8 Å². The number of carboxylic acid groups (broad SMARTS) is 1. The van der Waals surface area contributed by atoms with Gasteiger partial charge in [0.1, 0.15) is 0 Å². The molecule has 1 fully saturated rings. The molecule has 6 nitrogen and oxygen atoms in total. The first-order valence-electron chi connectivity index (χ1n) is 7.30. The van der Waals surface area contributed by atoms with Gasteiger partial charge in [-0.1, -0.05) is 39.0 Å². The molecular formula is C14H23NO5. The summed E-state index contributed by atoms with van der Waals surface area (Å²) in [4.78, 5) is 35.1. The van der Waals surface area contributed by atoms with Crippen LogP contribution in [-0.2, 0) is 14.3 Å². The van der Waals surface area contributed by atoms with Crippen LogP contribution in [0.15, 0.2) is 0 Å². The number of ether oxygens (including phenoxy) is 1. The highest BCUT2D eigenvalue weighted by Gasteiger charge is 2.37. The molecule has 0 spiro atoms. The van der Waals surface area contributed by atoms with E-state index in [-0.39, 0.29) is 31.1 Å². The Morgan fingerprint density at radius 2 is 1.90 bits per heavy atom. The maximum absolute atomic E-state index is 12.0. The van der Waals surface area contributed by atoms with Crippen LogP contribution >= 0.6 is 0 Å². The van der Waals surface area contributed by atoms with Crippen molar-refractivity contribution in [2.24, 2.45) is 0 Å². The highest BCUT2D eigenvalue weighted by molar-refractivity contribution is 5.97. The zero-order chi connectivity index (χ0) is 15.0. The summed E-state index contributed by atoms with van der Waals surface area (Å²) < 4.78 is 4.58. The lowest BCUT2D eigenvalue weighted by Crippen LogP contribution is -2.40. The Kier molecular flexibility index (Phi) is 7.04. The third-order valence-electron chi connectivity index (χ3n) is 3.41. The van der Waals surface area contributed by atoms with Gasteiger partial charge in [0.15, 0.2) is 6.23 Å². The third kappa shape index (κ3) is 5.19. The fourth-order valence-corrected chi connectivity index (χ4v) is 2.36. The molecule has 1 atom stereocenters. The van der Waals surface area contributed by atoms with E-state index in [2.05, 4.69) is 11.7 Å². The van der Waals surface area contributed by atoms with Crippen molar-refractivity contribution in [3.05, 3.63) is 0 Å². The predicted octanol–water partition coefficient (Wildman–Crippen LogP) is 2.91. The van der Waals surface area contributed by atoms with Gasteiger partial charge in [-0.2, -0.15) is 0 Å². The Morgan fingerprint density at radius 1 is 1.25 bits per heavy atom. The summed E-state index contributed by atoms with van der Waals surface area (Å²) in [6.45, 7) is 2.14. The van der Waals surface area contributed by atoms with Crippen LogP contribution in [0.25, 0.3) is 0 Å². The number of unbranched alkanes of at least 4 members (excludes halogenated alkanes) is 5. The minimum absolute atomic E-state index is 0.167. The molecule has 0 aromatic rings. The quantitative estimate of drug-likeness (QED) is 0.547. The van der Waals surface area contributed by atoms with Crippen LogP contribution in [0.1, 0.15) is 64.7 Å². The molecule has 0 bridgehead atoms. The summed E-state index contributed by atoms with van der Waals surface area (Å²) in [6.07, 6.45) is 4.62. The molecule has 1 aliphatic heterocycles. The SMILES string of the molecule is CCCCCCCCC(=O)N1C(=O)CCC1OC(=O)O. The van der Waals surface area contributed by atoms with Crippen LogP contribution in [0.2, 0.25) is 0 Å². The van der Waals surface area contributed by atoms with Crippen molar-refractivity contribution < 1.29 is 24.2 Å². The summed E-state index contributed by atoms with van der Waals surface area (Å²) in [5.41, 5.74) is 0. The van der Waals surface area contributed by atoms with Crippen molar-refractivity contribution in [3.63, 3.8) is 0 Å². The van der Waals surface area contributed by atoms with Crippen molar-refractivity contribution in [1.82, 2.24) is 4.90 Å². The standard InChI is InChI=1S/C14H23NO5/c1-2-3-4-5-6-7-8-11(16)15-12(17)9-10-13(15)20-14(18)19/h13H,2-10H2,1H3,(H,18,19). The fraction of sp³-hybridized carbons (Fsp3) is 0.786. The van der Waals surface area contributed by atoms with Crippen molar-refractivity contribution in [2.45, 2.75) is 70.9 Å². The van der Waals surface area contributed by atoms with E-state index in [1.165, 1.54) is 12.8 Å². The van der Waals surface area contributed by atoms with Crippen LogP contribution < -0.4 is 0 Å². The van der Waals surface area contributed by atoms with Crippen LogP contribution in [0.3, 0.4) is 0 Å². The van der Waals surface area contributed by atoms with Gasteiger partial charge in [0.25, 0.3) is 0 Å². The molecule has 0 radical (unpaired) electrons. The van der Waals surface area contributed by atoms with E-state index in [1.54, 1.807) is 0 Å². The summed E-state index contributed by atoms with van der Waals surface area (Å²) >= 11 is 0. The van der Waals surface area contributed by atoms with Gasteiger partial charge in [-0.25, -0.2) is 9.69 Å².